The van der Waals surface area contributed by atoms with Gasteiger partial charge in [-0.3, -0.25) is 9.30 Å². The van der Waals surface area contributed by atoms with Gasteiger partial charge in [0, 0.05) is 0 Å². The van der Waals surface area contributed by atoms with E-state index >= 15 is 0 Å². The number of amidine groups is 1. The molecular formula is C19H19FN2O4S. The van der Waals surface area contributed by atoms with E-state index in [1.807, 2.05) is 0 Å². The van der Waals surface area contributed by atoms with Gasteiger partial charge in [0.1, 0.15) is 16.5 Å². The van der Waals surface area contributed by atoms with Crippen LogP contribution in [-0.4, -0.2) is 37.7 Å². The van der Waals surface area contributed by atoms with Crippen LogP contribution in [0.1, 0.15) is 35.8 Å². The molecule has 1 aliphatic heterocycles. The van der Waals surface area contributed by atoms with Crippen LogP contribution in [-0.2, 0) is 14.8 Å². The summed E-state index contributed by atoms with van der Waals surface area (Å²) in [5.74, 6) is -0.756. The molecule has 1 unspecified atom stereocenters. The maximum absolute atomic E-state index is 13.2. The second-order valence-corrected chi connectivity index (χ2v) is 7.83. The molecule has 27 heavy (non-hydrogen) atoms. The lowest BCUT2D eigenvalue weighted by Gasteiger charge is -2.21. The lowest BCUT2D eigenvalue weighted by atomic mass is 10.1. The van der Waals surface area contributed by atoms with Gasteiger partial charge in [-0.2, -0.15) is 0 Å². The molecule has 2 aromatic rings. The minimum atomic E-state index is -4.00. The fraction of sp³-hybridized carbons (Fsp3) is 0.263. The highest BCUT2D eigenvalue weighted by atomic mass is 32.2. The Bertz CT molecular complexity index is 987. The highest BCUT2D eigenvalue weighted by Crippen LogP contribution is 2.30. The number of hydrogen-bond acceptors (Lipinski definition) is 5. The molecule has 0 saturated carbocycles. The van der Waals surface area contributed by atoms with Crippen LogP contribution < -0.4 is 0 Å². The minimum absolute atomic E-state index is 0.0163. The molecule has 1 heterocycles. The molecule has 0 amide bonds. The van der Waals surface area contributed by atoms with Crippen molar-refractivity contribution < 1.29 is 22.3 Å². The molecule has 1 atom stereocenters. The molecule has 0 radical (unpaired) electrons. The number of benzene rings is 2. The number of esters is 1. The van der Waals surface area contributed by atoms with E-state index in [-0.39, 0.29) is 29.4 Å². The van der Waals surface area contributed by atoms with Crippen molar-refractivity contribution in [1.82, 2.24) is 4.31 Å². The number of halogens is 1. The van der Waals surface area contributed by atoms with Gasteiger partial charge in [0.05, 0.1) is 24.8 Å². The number of sulfonamides is 1. The molecule has 6 nitrogen and oxygen atoms in total. The predicted octanol–water partition coefficient (Wildman–Crippen LogP) is 3.17. The van der Waals surface area contributed by atoms with Gasteiger partial charge >= 0.3 is 5.97 Å². The number of aliphatic imine (C=N–C) groups is 1. The molecule has 142 valence electrons. The first-order valence-electron chi connectivity index (χ1n) is 8.43. The molecule has 0 saturated heterocycles. The van der Waals surface area contributed by atoms with Crippen LogP contribution in [0.25, 0.3) is 0 Å². The molecule has 0 bridgehead atoms. The number of rotatable bonds is 5. The minimum Gasteiger partial charge on any atom is -0.462 e. The molecule has 1 aliphatic rings. The van der Waals surface area contributed by atoms with Gasteiger partial charge in [-0.15, -0.1) is 0 Å². The normalized spacial score (nSPS) is 16.9. The largest absolute Gasteiger partial charge is 0.462 e. The van der Waals surface area contributed by atoms with E-state index in [0.717, 1.165) is 0 Å². The summed E-state index contributed by atoms with van der Waals surface area (Å²) in [5, 5.41) is 0. The number of ether oxygens (including phenoxy) is 1. The van der Waals surface area contributed by atoms with Gasteiger partial charge < -0.3 is 4.74 Å². The zero-order valence-electron chi connectivity index (χ0n) is 14.9. The van der Waals surface area contributed by atoms with Gasteiger partial charge in [-0.05, 0) is 43.7 Å². The van der Waals surface area contributed by atoms with Crippen molar-refractivity contribution in [3.8, 4) is 0 Å². The molecule has 0 fully saturated rings. The van der Waals surface area contributed by atoms with E-state index < -0.39 is 22.0 Å². The first-order valence-corrected chi connectivity index (χ1v) is 9.87. The Morgan fingerprint density at radius 2 is 1.89 bits per heavy atom. The van der Waals surface area contributed by atoms with Crippen molar-refractivity contribution in [2.45, 2.75) is 24.8 Å². The third-order valence-corrected chi connectivity index (χ3v) is 6.15. The van der Waals surface area contributed by atoms with Crippen molar-refractivity contribution in [1.29, 1.82) is 0 Å². The van der Waals surface area contributed by atoms with E-state index in [9.17, 15) is 17.6 Å². The van der Waals surface area contributed by atoms with Crippen LogP contribution in [0.3, 0.4) is 0 Å². The Labute approximate surface area is 157 Å². The standard InChI is InChI=1S/C19H19FN2O4S/c1-3-26-19(23)16-6-4-5-7-18(16)27(24,25)22-12-17(21-13(22)2)14-8-10-15(20)11-9-14/h4-11,17H,3,12H2,1-2H3. The van der Waals surface area contributed by atoms with Crippen LogP contribution in [0.2, 0.25) is 0 Å². The topological polar surface area (TPSA) is 76.0 Å². The zero-order chi connectivity index (χ0) is 19.6. The molecular weight excluding hydrogens is 371 g/mol. The van der Waals surface area contributed by atoms with Gasteiger partial charge in [-0.25, -0.2) is 17.6 Å². The predicted molar refractivity (Wildman–Crippen MR) is 98.5 cm³/mol. The van der Waals surface area contributed by atoms with Crippen LogP contribution >= 0.6 is 0 Å². The lowest BCUT2D eigenvalue weighted by molar-refractivity contribution is 0.0521. The summed E-state index contributed by atoms with van der Waals surface area (Å²) in [5.41, 5.74) is 0.699. The summed E-state index contributed by atoms with van der Waals surface area (Å²) in [6.45, 7) is 3.47. The first-order chi connectivity index (χ1) is 12.8. The summed E-state index contributed by atoms with van der Waals surface area (Å²) in [4.78, 5) is 16.4. The van der Waals surface area contributed by atoms with Crippen LogP contribution in [0, 0.1) is 5.82 Å². The quantitative estimate of drug-likeness (QED) is 0.735. The van der Waals surface area contributed by atoms with Gasteiger partial charge in [0.25, 0.3) is 10.0 Å². The monoisotopic (exact) mass is 390 g/mol. The fourth-order valence-corrected chi connectivity index (χ4v) is 4.59. The summed E-state index contributed by atoms with van der Waals surface area (Å²) in [6, 6.07) is 11.3. The van der Waals surface area contributed by atoms with E-state index in [4.69, 9.17) is 4.74 Å². The van der Waals surface area contributed by atoms with Crippen LogP contribution in [0.5, 0.6) is 0 Å². The summed E-state index contributed by atoms with van der Waals surface area (Å²) >= 11 is 0. The Morgan fingerprint density at radius 3 is 2.56 bits per heavy atom. The molecule has 0 aromatic heterocycles. The van der Waals surface area contributed by atoms with Gasteiger partial charge in [-0.1, -0.05) is 24.3 Å². The smallest absolute Gasteiger partial charge is 0.339 e. The van der Waals surface area contributed by atoms with Crippen molar-refractivity contribution in [2.75, 3.05) is 13.2 Å². The van der Waals surface area contributed by atoms with Crippen molar-refractivity contribution >= 4 is 21.8 Å². The van der Waals surface area contributed by atoms with Crippen molar-refractivity contribution in [3.63, 3.8) is 0 Å². The third-order valence-electron chi connectivity index (χ3n) is 4.25. The fourth-order valence-electron chi connectivity index (χ4n) is 2.94. The summed E-state index contributed by atoms with van der Waals surface area (Å²) < 4.78 is 45.6. The maximum Gasteiger partial charge on any atom is 0.339 e. The number of carbonyl (C=O) groups excluding carboxylic acids is 1. The Balaban J connectivity index is 1.94. The highest BCUT2D eigenvalue weighted by Gasteiger charge is 2.35. The van der Waals surface area contributed by atoms with E-state index in [0.29, 0.717) is 11.4 Å². The van der Waals surface area contributed by atoms with E-state index in [2.05, 4.69) is 4.99 Å². The van der Waals surface area contributed by atoms with E-state index in [1.165, 1.54) is 28.6 Å². The average Bonchev–Trinajstić information content (AvgIpc) is 3.05. The number of nitrogens with zero attached hydrogens (tertiary/aromatic N) is 2. The van der Waals surface area contributed by atoms with Gasteiger partial charge in [0.2, 0.25) is 0 Å². The first kappa shape index (κ1) is 19.0. The molecule has 0 aliphatic carbocycles. The zero-order valence-corrected chi connectivity index (χ0v) is 15.7. The number of hydrogen-bond donors (Lipinski definition) is 0. The maximum atomic E-state index is 13.2. The molecule has 8 heteroatoms. The van der Waals surface area contributed by atoms with Crippen LogP contribution in [0.15, 0.2) is 58.4 Å². The summed E-state index contributed by atoms with van der Waals surface area (Å²) in [7, 11) is -4.00. The van der Waals surface area contributed by atoms with Gasteiger partial charge in [0.15, 0.2) is 0 Å². The second-order valence-electron chi connectivity index (χ2n) is 6.00. The SMILES string of the molecule is CCOC(=O)c1ccccc1S(=O)(=O)N1CC(c2ccc(F)cc2)N=C1C. The highest BCUT2D eigenvalue weighted by molar-refractivity contribution is 7.89. The Kier molecular flexibility index (Phi) is 5.27. The number of carbonyl (C=O) groups is 1. The third kappa shape index (κ3) is 3.71. The molecule has 3 rings (SSSR count). The van der Waals surface area contributed by atoms with Crippen molar-refractivity contribution in [3.05, 3.63) is 65.5 Å². The van der Waals surface area contributed by atoms with Crippen molar-refractivity contribution in [2.24, 2.45) is 4.99 Å². The second kappa shape index (κ2) is 7.48. The Hall–Kier alpha value is -2.74. The molecule has 0 spiro atoms. The molecule has 0 N–H and O–H groups in total. The molecule has 2 aromatic carbocycles. The Morgan fingerprint density at radius 1 is 1.22 bits per heavy atom. The average molecular weight is 390 g/mol. The lowest BCUT2D eigenvalue weighted by Crippen LogP contribution is -2.34. The van der Waals surface area contributed by atoms with E-state index in [1.54, 1.807) is 38.1 Å². The summed E-state index contributed by atoms with van der Waals surface area (Å²) in [6.07, 6.45) is 0. The van der Waals surface area contributed by atoms with Crippen LogP contribution in [0.4, 0.5) is 4.39 Å².